The first-order chi connectivity index (χ1) is 4.04. The van der Waals surface area contributed by atoms with Crippen LogP contribution in [0.25, 0.3) is 0 Å². The molecule has 0 rings (SSSR count). The van der Waals surface area contributed by atoms with E-state index in [9.17, 15) is 9.59 Å². The minimum Gasteiger partial charge on any atom is -0.481 e. The zero-order chi connectivity index (χ0) is 7.44. The minimum atomic E-state index is -1.92. The monoisotopic (exact) mass is 147 g/mol. The second-order valence-corrected chi connectivity index (χ2v) is 4.38. The average Bonchev–Trinajstić information content (AvgIpc) is 1.63. The third-order valence-electron chi connectivity index (χ3n) is 1.11. The fourth-order valence-electron chi connectivity index (χ4n) is 0.599. The van der Waals surface area contributed by atoms with Crippen LogP contribution in [0.2, 0.25) is 12.6 Å². The van der Waals surface area contributed by atoms with Gasteiger partial charge >= 0.3 is 5.97 Å². The minimum absolute atomic E-state index is 0.356. The Kier molecular flexibility index (Phi) is 3.49. The molecule has 2 unspecified atom stereocenters. The van der Waals surface area contributed by atoms with Crippen LogP contribution in [0.15, 0.2) is 0 Å². The summed E-state index contributed by atoms with van der Waals surface area (Å²) in [5.41, 5.74) is 0. The predicted octanol–water partition coefficient (Wildman–Crippen LogP) is 0.491. The maximum absolute atomic E-state index is 10.5. The van der Waals surface area contributed by atoms with Crippen molar-refractivity contribution in [2.75, 3.05) is 0 Å². The van der Waals surface area contributed by atoms with Crippen molar-refractivity contribution in [3.05, 3.63) is 0 Å². The van der Waals surface area contributed by atoms with Gasteiger partial charge in [-0.05, 0) is 12.6 Å². The molecule has 0 saturated heterocycles. The number of carbonyl (C=O) groups is 1. The number of hydrogen-bond acceptors (Lipinski definition) is 1. The van der Waals surface area contributed by atoms with Crippen molar-refractivity contribution in [3.63, 3.8) is 0 Å². The van der Waals surface area contributed by atoms with Gasteiger partial charge in [0.15, 0.2) is 0 Å². The van der Waals surface area contributed by atoms with Crippen LogP contribution in [0.3, 0.4) is 0 Å². The predicted molar refractivity (Wildman–Crippen MR) is 35.3 cm³/mol. The number of hydrogen-bond donors (Lipinski definition) is 1. The maximum atomic E-state index is 10.5. The Morgan fingerprint density at radius 1 is 1.78 bits per heavy atom. The van der Waals surface area contributed by atoms with Gasteiger partial charge in [-0.2, -0.15) is 0 Å². The normalized spacial score (nSPS) is 16.8. The Labute approximate surface area is 56.0 Å². The zero-order valence-corrected chi connectivity index (χ0v) is 6.78. The topological polar surface area (TPSA) is 57.2 Å². The van der Waals surface area contributed by atoms with E-state index in [4.69, 9.17) is 5.11 Å². The van der Waals surface area contributed by atoms with Gasteiger partial charge in [-0.25, -0.2) is 0 Å². The van der Waals surface area contributed by atoms with Gasteiger partial charge in [0.25, 0.3) is 0 Å². The first kappa shape index (κ1) is 8.65. The fraction of sp³-hybridized carbons (Fsp3) is 0.800. The second kappa shape index (κ2) is 3.63. The SMILES string of the molecule is CC(C[SiH](C)[O])C(=O)O. The van der Waals surface area contributed by atoms with Gasteiger partial charge in [0, 0.05) is 0 Å². The van der Waals surface area contributed by atoms with Gasteiger partial charge in [-0.3, -0.25) is 4.79 Å². The summed E-state index contributed by atoms with van der Waals surface area (Å²) in [6.45, 7) is 3.18. The van der Waals surface area contributed by atoms with Crippen LogP contribution >= 0.6 is 0 Å². The third kappa shape index (κ3) is 4.17. The lowest BCUT2D eigenvalue weighted by Gasteiger charge is -2.03. The van der Waals surface area contributed by atoms with Gasteiger partial charge < -0.3 is 9.90 Å². The molecular formula is C5H11O3Si. The molecule has 4 heteroatoms. The van der Waals surface area contributed by atoms with Crippen LogP contribution in [0, 0.1) is 5.92 Å². The summed E-state index contributed by atoms with van der Waals surface area (Å²) in [5, 5.41) is 8.31. The molecule has 0 aromatic carbocycles. The largest absolute Gasteiger partial charge is 0.481 e. The molecule has 0 fully saturated rings. The Bertz CT molecular complexity index is 102. The highest BCUT2D eigenvalue weighted by molar-refractivity contribution is 6.48. The molecule has 0 spiro atoms. The van der Waals surface area contributed by atoms with E-state index in [2.05, 4.69) is 0 Å². The molecule has 0 aromatic rings. The van der Waals surface area contributed by atoms with E-state index in [-0.39, 0.29) is 0 Å². The van der Waals surface area contributed by atoms with Crippen LogP contribution in [0.4, 0.5) is 0 Å². The van der Waals surface area contributed by atoms with Crippen molar-refractivity contribution in [2.45, 2.75) is 19.5 Å². The van der Waals surface area contributed by atoms with Crippen LogP contribution in [-0.2, 0) is 9.59 Å². The first-order valence-electron chi connectivity index (χ1n) is 2.92. The molecule has 9 heavy (non-hydrogen) atoms. The van der Waals surface area contributed by atoms with Gasteiger partial charge in [-0.15, -0.1) is 0 Å². The summed E-state index contributed by atoms with van der Waals surface area (Å²) in [6.07, 6.45) is 0. The van der Waals surface area contributed by atoms with Crippen molar-refractivity contribution >= 4 is 15.0 Å². The summed E-state index contributed by atoms with van der Waals surface area (Å²) in [6, 6.07) is 0.356. The van der Waals surface area contributed by atoms with Crippen molar-refractivity contribution in [1.29, 1.82) is 0 Å². The molecular weight excluding hydrogens is 136 g/mol. The van der Waals surface area contributed by atoms with Crippen LogP contribution < -0.4 is 0 Å². The molecule has 0 heterocycles. The van der Waals surface area contributed by atoms with E-state index in [1.54, 1.807) is 13.5 Å². The Hall–Kier alpha value is -0.353. The van der Waals surface area contributed by atoms with Crippen LogP contribution in [0.5, 0.6) is 0 Å². The van der Waals surface area contributed by atoms with Crippen molar-refractivity contribution in [2.24, 2.45) is 5.92 Å². The fourth-order valence-corrected chi connectivity index (χ4v) is 1.80. The van der Waals surface area contributed by atoms with E-state index in [1.165, 1.54) is 0 Å². The quantitative estimate of drug-likeness (QED) is 0.591. The van der Waals surface area contributed by atoms with Gasteiger partial charge in [0.2, 0.25) is 9.04 Å². The lowest BCUT2D eigenvalue weighted by molar-refractivity contribution is -0.140. The second-order valence-electron chi connectivity index (χ2n) is 2.29. The molecule has 2 atom stereocenters. The van der Waals surface area contributed by atoms with E-state index < -0.39 is 20.9 Å². The molecule has 0 amide bonds. The zero-order valence-electron chi connectivity index (χ0n) is 5.63. The average molecular weight is 147 g/mol. The standard InChI is InChI=1S/C5H11O3Si/c1-4(5(6)7)3-9(2)8/h4,9H,3H2,1-2H3,(H,6,7). The summed E-state index contributed by atoms with van der Waals surface area (Å²) in [7, 11) is -1.92. The van der Waals surface area contributed by atoms with E-state index in [0.29, 0.717) is 6.04 Å². The molecule has 0 aromatic heterocycles. The Balaban J connectivity index is 3.50. The van der Waals surface area contributed by atoms with Crippen molar-refractivity contribution < 1.29 is 14.7 Å². The molecule has 0 aliphatic heterocycles. The van der Waals surface area contributed by atoms with Crippen molar-refractivity contribution in [1.82, 2.24) is 0 Å². The van der Waals surface area contributed by atoms with Crippen molar-refractivity contribution in [3.8, 4) is 0 Å². The lowest BCUT2D eigenvalue weighted by atomic mass is 10.2. The lowest BCUT2D eigenvalue weighted by Crippen LogP contribution is -2.16. The van der Waals surface area contributed by atoms with Gasteiger partial charge in [0.05, 0.1) is 5.92 Å². The number of aliphatic carboxylic acids is 1. The molecule has 1 N–H and O–H groups in total. The van der Waals surface area contributed by atoms with Gasteiger partial charge in [0.1, 0.15) is 0 Å². The third-order valence-corrected chi connectivity index (χ3v) is 2.48. The van der Waals surface area contributed by atoms with E-state index in [1.807, 2.05) is 0 Å². The highest BCUT2D eigenvalue weighted by atomic mass is 28.3. The number of carboxylic acids is 1. The molecule has 53 valence electrons. The Morgan fingerprint density at radius 2 is 2.22 bits per heavy atom. The molecule has 0 aliphatic carbocycles. The summed E-state index contributed by atoms with van der Waals surface area (Å²) in [4.78, 5) is 20.6. The molecule has 0 saturated carbocycles. The molecule has 1 radical (unpaired) electrons. The van der Waals surface area contributed by atoms with Crippen LogP contribution in [-0.4, -0.2) is 20.1 Å². The highest BCUT2D eigenvalue weighted by Crippen LogP contribution is 2.04. The van der Waals surface area contributed by atoms with Crippen LogP contribution in [0.1, 0.15) is 6.92 Å². The number of rotatable bonds is 3. The molecule has 0 aliphatic rings. The summed E-state index contributed by atoms with van der Waals surface area (Å²) < 4.78 is 0. The highest BCUT2D eigenvalue weighted by Gasteiger charge is 2.14. The smallest absolute Gasteiger partial charge is 0.305 e. The van der Waals surface area contributed by atoms with E-state index in [0.717, 1.165) is 0 Å². The maximum Gasteiger partial charge on any atom is 0.305 e. The number of carboxylic acid groups (broad SMARTS) is 1. The van der Waals surface area contributed by atoms with Gasteiger partial charge in [-0.1, -0.05) is 6.92 Å². The van der Waals surface area contributed by atoms with E-state index >= 15 is 0 Å². The Morgan fingerprint density at radius 3 is 2.33 bits per heavy atom. The molecule has 3 nitrogen and oxygen atoms in total. The summed E-state index contributed by atoms with van der Waals surface area (Å²) in [5.74, 6) is -1.30. The summed E-state index contributed by atoms with van der Waals surface area (Å²) >= 11 is 0. The first-order valence-corrected chi connectivity index (χ1v) is 5.37. The molecule has 0 bridgehead atoms.